The van der Waals surface area contributed by atoms with Crippen molar-refractivity contribution in [1.29, 1.82) is 0 Å². The van der Waals surface area contributed by atoms with E-state index >= 15 is 0 Å². The summed E-state index contributed by atoms with van der Waals surface area (Å²) in [6.07, 6.45) is 0. The first-order valence-corrected chi connectivity index (χ1v) is 12.0. The molecule has 9 heteroatoms. The topological polar surface area (TPSA) is 78.3 Å². The summed E-state index contributed by atoms with van der Waals surface area (Å²) < 4.78 is 13.0. The highest BCUT2D eigenvalue weighted by atomic mass is 35.5. The highest BCUT2D eigenvalue weighted by molar-refractivity contribution is 7.99. The normalized spacial score (nSPS) is 12.4. The molecular weight excluding hydrogens is 472 g/mol. The van der Waals surface area contributed by atoms with E-state index < -0.39 is 0 Å². The van der Waals surface area contributed by atoms with Crippen LogP contribution in [-0.4, -0.2) is 39.6 Å². The Balaban J connectivity index is 1.36. The summed E-state index contributed by atoms with van der Waals surface area (Å²) >= 11 is 7.40. The summed E-state index contributed by atoms with van der Waals surface area (Å²) in [5.41, 5.74) is 3.60. The number of nitrogens with one attached hydrogen (secondary N) is 1. The van der Waals surface area contributed by atoms with Crippen LogP contribution < -0.4 is 14.8 Å². The Kier molecular flexibility index (Phi) is 6.42. The van der Waals surface area contributed by atoms with Crippen molar-refractivity contribution in [2.45, 2.75) is 12.1 Å². The zero-order valence-electron chi connectivity index (χ0n) is 18.3. The number of aromatic nitrogens is 3. The van der Waals surface area contributed by atoms with Crippen molar-refractivity contribution >= 4 is 35.0 Å². The van der Waals surface area contributed by atoms with E-state index in [0.29, 0.717) is 46.4 Å². The molecular formula is C25H21ClN4O3S. The fourth-order valence-electron chi connectivity index (χ4n) is 3.52. The number of rotatable bonds is 6. The standard InChI is InChI=1S/C25H21ClN4O3S/c1-16-2-4-17(5-3-16)24-28-29-25(30(24)20-9-6-18(26)7-10-20)34-15-23(31)27-19-8-11-21-22(14-19)33-13-12-32-21/h2-11,14H,12-13,15H2,1H3,(H,27,31). The number of ether oxygens (including phenoxy) is 2. The monoisotopic (exact) mass is 492 g/mol. The summed E-state index contributed by atoms with van der Waals surface area (Å²) in [6.45, 7) is 3.05. The van der Waals surface area contributed by atoms with Gasteiger partial charge in [0.05, 0.1) is 5.75 Å². The summed E-state index contributed by atoms with van der Waals surface area (Å²) in [6, 6.07) is 20.9. The van der Waals surface area contributed by atoms with Crippen LogP contribution in [0.4, 0.5) is 5.69 Å². The molecule has 0 aliphatic carbocycles. The summed E-state index contributed by atoms with van der Waals surface area (Å²) in [5.74, 6) is 2.00. The fourth-order valence-corrected chi connectivity index (χ4v) is 4.40. The molecule has 0 atom stereocenters. The molecule has 5 rings (SSSR count). The number of nitrogens with zero attached hydrogens (tertiary/aromatic N) is 3. The number of fused-ring (bicyclic) bond motifs is 1. The lowest BCUT2D eigenvalue weighted by Gasteiger charge is -2.19. The van der Waals surface area contributed by atoms with E-state index in [2.05, 4.69) is 15.5 Å². The largest absolute Gasteiger partial charge is 0.486 e. The molecule has 4 aromatic rings. The smallest absolute Gasteiger partial charge is 0.234 e. The number of halogens is 1. The Morgan fingerprint density at radius 2 is 1.74 bits per heavy atom. The predicted molar refractivity (Wildman–Crippen MR) is 133 cm³/mol. The highest BCUT2D eigenvalue weighted by Crippen LogP contribution is 2.33. The number of hydrogen-bond donors (Lipinski definition) is 1. The van der Waals surface area contributed by atoms with Crippen LogP contribution in [0.1, 0.15) is 5.56 Å². The Hall–Kier alpha value is -3.49. The first kappa shape index (κ1) is 22.3. The van der Waals surface area contributed by atoms with Gasteiger partial charge in [-0.15, -0.1) is 10.2 Å². The summed E-state index contributed by atoms with van der Waals surface area (Å²) in [7, 11) is 0. The van der Waals surface area contributed by atoms with Gasteiger partial charge in [-0.05, 0) is 43.3 Å². The number of aryl methyl sites for hydroxylation is 1. The van der Waals surface area contributed by atoms with Gasteiger partial charge in [-0.2, -0.15) is 0 Å². The van der Waals surface area contributed by atoms with Gasteiger partial charge in [0.1, 0.15) is 13.2 Å². The highest BCUT2D eigenvalue weighted by Gasteiger charge is 2.18. The number of thioether (sulfide) groups is 1. The summed E-state index contributed by atoms with van der Waals surface area (Å²) in [4.78, 5) is 12.7. The van der Waals surface area contributed by atoms with Crippen LogP contribution in [0.25, 0.3) is 17.1 Å². The lowest BCUT2D eigenvalue weighted by atomic mass is 10.1. The molecule has 0 bridgehead atoms. The maximum Gasteiger partial charge on any atom is 0.234 e. The Labute approximate surface area is 206 Å². The van der Waals surface area contributed by atoms with E-state index in [4.69, 9.17) is 21.1 Å². The van der Waals surface area contributed by atoms with E-state index in [-0.39, 0.29) is 11.7 Å². The minimum Gasteiger partial charge on any atom is -0.486 e. The number of amides is 1. The molecule has 1 N–H and O–H groups in total. The van der Waals surface area contributed by atoms with Crippen LogP contribution >= 0.6 is 23.4 Å². The minimum absolute atomic E-state index is 0.161. The average Bonchev–Trinajstić information content (AvgIpc) is 3.27. The van der Waals surface area contributed by atoms with Crippen molar-refractivity contribution in [2.75, 3.05) is 24.3 Å². The first-order chi connectivity index (χ1) is 16.6. The zero-order valence-corrected chi connectivity index (χ0v) is 19.9. The molecule has 0 saturated heterocycles. The van der Waals surface area contributed by atoms with Gasteiger partial charge in [-0.25, -0.2) is 0 Å². The van der Waals surface area contributed by atoms with Gasteiger partial charge in [0.25, 0.3) is 0 Å². The molecule has 0 unspecified atom stereocenters. The fraction of sp³-hybridized carbons (Fsp3) is 0.160. The second-order valence-corrected chi connectivity index (χ2v) is 9.06. The molecule has 1 amide bonds. The van der Waals surface area contributed by atoms with Gasteiger partial charge < -0.3 is 14.8 Å². The minimum atomic E-state index is -0.163. The quantitative estimate of drug-likeness (QED) is 0.363. The van der Waals surface area contributed by atoms with Crippen LogP contribution in [0.3, 0.4) is 0 Å². The number of anilines is 1. The zero-order chi connectivity index (χ0) is 23.5. The van der Waals surface area contributed by atoms with Crippen molar-refractivity contribution in [3.63, 3.8) is 0 Å². The molecule has 3 aromatic carbocycles. The SMILES string of the molecule is Cc1ccc(-c2nnc(SCC(=O)Nc3ccc4c(c3)OCCO4)n2-c2ccc(Cl)cc2)cc1. The Bertz CT molecular complexity index is 1320. The predicted octanol–water partition coefficient (Wildman–Crippen LogP) is 5.40. The molecule has 0 spiro atoms. The molecule has 172 valence electrons. The molecule has 0 saturated carbocycles. The van der Waals surface area contributed by atoms with E-state index in [1.54, 1.807) is 18.2 Å². The summed E-state index contributed by atoms with van der Waals surface area (Å²) in [5, 5.41) is 12.9. The van der Waals surface area contributed by atoms with Gasteiger partial charge >= 0.3 is 0 Å². The molecule has 34 heavy (non-hydrogen) atoms. The third-order valence-corrected chi connectivity index (χ3v) is 6.37. The van der Waals surface area contributed by atoms with Gasteiger partial charge in [-0.3, -0.25) is 9.36 Å². The van der Waals surface area contributed by atoms with E-state index in [1.807, 2.05) is 60.0 Å². The van der Waals surface area contributed by atoms with E-state index in [0.717, 1.165) is 16.8 Å². The van der Waals surface area contributed by atoms with Crippen molar-refractivity contribution < 1.29 is 14.3 Å². The van der Waals surface area contributed by atoms with E-state index in [9.17, 15) is 4.79 Å². The Morgan fingerprint density at radius 3 is 2.50 bits per heavy atom. The van der Waals surface area contributed by atoms with Crippen LogP contribution in [-0.2, 0) is 4.79 Å². The second-order valence-electron chi connectivity index (χ2n) is 7.68. The van der Waals surface area contributed by atoms with Crippen molar-refractivity contribution in [3.05, 3.63) is 77.3 Å². The Morgan fingerprint density at radius 1 is 1.00 bits per heavy atom. The maximum absolute atomic E-state index is 12.7. The molecule has 0 fully saturated rings. The number of benzene rings is 3. The van der Waals surface area contributed by atoms with Gasteiger partial charge in [0.15, 0.2) is 22.5 Å². The van der Waals surface area contributed by atoms with Crippen LogP contribution in [0.2, 0.25) is 5.02 Å². The van der Waals surface area contributed by atoms with Crippen LogP contribution in [0.15, 0.2) is 71.9 Å². The lowest BCUT2D eigenvalue weighted by Crippen LogP contribution is -2.17. The van der Waals surface area contributed by atoms with E-state index in [1.165, 1.54) is 11.8 Å². The number of hydrogen-bond acceptors (Lipinski definition) is 6. The van der Waals surface area contributed by atoms with Gasteiger partial charge in [0.2, 0.25) is 5.91 Å². The second kappa shape index (κ2) is 9.79. The van der Waals surface area contributed by atoms with Crippen molar-refractivity contribution in [3.8, 4) is 28.6 Å². The molecule has 1 aromatic heterocycles. The molecule has 1 aliphatic heterocycles. The molecule has 0 radical (unpaired) electrons. The molecule has 2 heterocycles. The van der Waals surface area contributed by atoms with Gasteiger partial charge in [-0.1, -0.05) is 53.2 Å². The van der Waals surface area contributed by atoms with Crippen LogP contribution in [0, 0.1) is 6.92 Å². The maximum atomic E-state index is 12.7. The molecule has 7 nitrogen and oxygen atoms in total. The van der Waals surface area contributed by atoms with Gasteiger partial charge in [0, 0.05) is 28.0 Å². The lowest BCUT2D eigenvalue weighted by molar-refractivity contribution is -0.113. The number of carbonyl (C=O) groups is 1. The number of carbonyl (C=O) groups excluding carboxylic acids is 1. The van der Waals surface area contributed by atoms with Crippen molar-refractivity contribution in [1.82, 2.24) is 14.8 Å². The third kappa shape index (κ3) is 4.88. The average molecular weight is 493 g/mol. The third-order valence-electron chi connectivity index (χ3n) is 5.19. The first-order valence-electron chi connectivity index (χ1n) is 10.7. The van der Waals surface area contributed by atoms with Crippen LogP contribution in [0.5, 0.6) is 11.5 Å². The molecule has 1 aliphatic rings. The van der Waals surface area contributed by atoms with Crippen molar-refractivity contribution in [2.24, 2.45) is 0 Å².